The van der Waals surface area contributed by atoms with Gasteiger partial charge in [-0.15, -0.1) is 0 Å². The van der Waals surface area contributed by atoms with Gasteiger partial charge in [0, 0.05) is 28.6 Å². The van der Waals surface area contributed by atoms with E-state index in [4.69, 9.17) is 4.99 Å². The molecule has 1 N–H and O–H groups in total. The molecule has 1 aliphatic heterocycles. The number of aliphatic imine (C=N–C) groups is 1. The minimum absolute atomic E-state index is 0.0461. The van der Waals surface area contributed by atoms with E-state index < -0.39 is 0 Å². The zero-order valence-corrected chi connectivity index (χ0v) is 26.7. The highest BCUT2D eigenvalue weighted by molar-refractivity contribution is 5.97. The molecule has 1 aliphatic rings. The summed E-state index contributed by atoms with van der Waals surface area (Å²) in [4.78, 5) is 16.6. The predicted molar refractivity (Wildman–Crippen MR) is 167 cm³/mol. The summed E-state index contributed by atoms with van der Waals surface area (Å²) in [6.07, 6.45) is 1.02. The second kappa shape index (κ2) is 14.5. The van der Waals surface area contributed by atoms with E-state index in [1.807, 2.05) is 60.6 Å². The SMILES string of the molecule is CC.CC.CC(C)(C)C1=Nc2cc(C(C)(C)C)ccc2C1.CC(C)c1ccc(NC(=O)C(C)(C)C)cc1. The second-order valence-corrected chi connectivity index (χ2v) is 12.6. The van der Waals surface area contributed by atoms with Crippen LogP contribution in [0.15, 0.2) is 47.5 Å². The average molecular weight is 509 g/mol. The summed E-state index contributed by atoms with van der Waals surface area (Å²) in [5.74, 6) is 0.567. The number of hydrogen-bond donors (Lipinski definition) is 1. The van der Waals surface area contributed by atoms with Gasteiger partial charge in [0.15, 0.2) is 0 Å². The number of nitrogens with zero attached hydrogens (tertiary/aromatic N) is 1. The van der Waals surface area contributed by atoms with E-state index in [2.05, 4.69) is 91.0 Å². The maximum absolute atomic E-state index is 11.7. The Hall–Kier alpha value is -2.42. The maximum atomic E-state index is 11.7. The number of carbonyl (C=O) groups excluding carboxylic acids is 1. The molecule has 0 aromatic heterocycles. The Morgan fingerprint density at radius 1 is 0.784 bits per heavy atom. The van der Waals surface area contributed by atoms with Crippen LogP contribution in [0.3, 0.4) is 0 Å². The van der Waals surface area contributed by atoms with Crippen molar-refractivity contribution in [3.8, 4) is 0 Å². The van der Waals surface area contributed by atoms with Gasteiger partial charge in [-0.05, 0) is 46.2 Å². The van der Waals surface area contributed by atoms with Crippen LogP contribution in [0, 0.1) is 10.8 Å². The van der Waals surface area contributed by atoms with Crippen LogP contribution >= 0.6 is 0 Å². The fraction of sp³-hybridized carbons (Fsp3) is 0.588. The fourth-order valence-corrected chi connectivity index (χ4v) is 3.35. The minimum atomic E-state index is -0.350. The molecular formula is C34H56N2O. The van der Waals surface area contributed by atoms with Crippen LogP contribution in [0.4, 0.5) is 11.4 Å². The molecule has 0 saturated carbocycles. The Morgan fingerprint density at radius 2 is 1.30 bits per heavy atom. The highest BCUT2D eigenvalue weighted by Gasteiger charge is 2.26. The first-order valence-corrected chi connectivity index (χ1v) is 14.1. The average Bonchev–Trinajstić information content (AvgIpc) is 3.26. The summed E-state index contributed by atoms with van der Waals surface area (Å²) in [7, 11) is 0. The van der Waals surface area contributed by atoms with Crippen molar-refractivity contribution in [1.29, 1.82) is 0 Å². The summed E-state index contributed by atoms with van der Waals surface area (Å²) in [6.45, 7) is 31.5. The Bertz CT molecular complexity index is 992. The molecule has 0 bridgehead atoms. The molecule has 2 aromatic carbocycles. The van der Waals surface area contributed by atoms with Gasteiger partial charge in [0.2, 0.25) is 5.91 Å². The first kappa shape index (κ1) is 34.6. The monoisotopic (exact) mass is 508 g/mol. The molecule has 0 radical (unpaired) electrons. The zero-order chi connectivity index (χ0) is 29.2. The molecule has 3 heteroatoms. The Labute approximate surface area is 229 Å². The first-order valence-electron chi connectivity index (χ1n) is 14.1. The molecule has 0 saturated heterocycles. The molecular weight excluding hydrogens is 452 g/mol. The number of hydrogen-bond acceptors (Lipinski definition) is 2. The highest BCUT2D eigenvalue weighted by atomic mass is 16.2. The van der Waals surface area contributed by atoms with Gasteiger partial charge >= 0.3 is 0 Å². The third kappa shape index (κ3) is 11.2. The number of anilines is 1. The molecule has 0 aliphatic carbocycles. The third-order valence-corrected chi connectivity index (χ3v) is 5.95. The normalized spacial score (nSPS) is 12.6. The third-order valence-electron chi connectivity index (χ3n) is 5.95. The summed E-state index contributed by atoms with van der Waals surface area (Å²) in [6, 6.07) is 14.8. The van der Waals surface area contributed by atoms with E-state index in [1.54, 1.807) is 0 Å². The molecule has 3 rings (SSSR count). The maximum Gasteiger partial charge on any atom is 0.229 e. The van der Waals surface area contributed by atoms with Crippen LogP contribution in [0.25, 0.3) is 0 Å². The van der Waals surface area contributed by atoms with Crippen molar-refractivity contribution in [1.82, 2.24) is 0 Å². The van der Waals surface area contributed by atoms with Crippen LogP contribution in [-0.2, 0) is 16.6 Å². The molecule has 0 atom stereocenters. The van der Waals surface area contributed by atoms with Crippen molar-refractivity contribution in [3.05, 3.63) is 59.2 Å². The number of fused-ring (bicyclic) bond motifs is 1. The second-order valence-electron chi connectivity index (χ2n) is 12.6. The summed E-state index contributed by atoms with van der Waals surface area (Å²) >= 11 is 0. The minimum Gasteiger partial charge on any atom is -0.326 e. The molecule has 3 nitrogen and oxygen atoms in total. The summed E-state index contributed by atoms with van der Waals surface area (Å²) in [5, 5.41) is 2.91. The summed E-state index contributed by atoms with van der Waals surface area (Å²) < 4.78 is 0. The van der Waals surface area contributed by atoms with Gasteiger partial charge in [-0.1, -0.05) is 128 Å². The van der Waals surface area contributed by atoms with Crippen molar-refractivity contribution in [2.75, 3.05) is 5.32 Å². The molecule has 2 aromatic rings. The van der Waals surface area contributed by atoms with Gasteiger partial charge in [-0.25, -0.2) is 0 Å². The van der Waals surface area contributed by atoms with Crippen molar-refractivity contribution in [3.63, 3.8) is 0 Å². The number of rotatable bonds is 2. The van der Waals surface area contributed by atoms with Crippen LogP contribution in [0.5, 0.6) is 0 Å². The van der Waals surface area contributed by atoms with E-state index in [0.717, 1.165) is 12.1 Å². The van der Waals surface area contributed by atoms with Crippen molar-refractivity contribution in [2.24, 2.45) is 15.8 Å². The van der Waals surface area contributed by atoms with Gasteiger partial charge < -0.3 is 5.32 Å². The van der Waals surface area contributed by atoms with E-state index in [0.29, 0.717) is 5.92 Å². The van der Waals surface area contributed by atoms with E-state index >= 15 is 0 Å². The Morgan fingerprint density at radius 3 is 1.70 bits per heavy atom. The van der Waals surface area contributed by atoms with Gasteiger partial charge in [0.25, 0.3) is 0 Å². The van der Waals surface area contributed by atoms with Crippen LogP contribution in [-0.4, -0.2) is 11.6 Å². The topological polar surface area (TPSA) is 41.5 Å². The lowest BCUT2D eigenvalue weighted by molar-refractivity contribution is -0.123. The Kier molecular flexibility index (Phi) is 13.6. The van der Waals surface area contributed by atoms with Gasteiger partial charge in [0.05, 0.1) is 5.69 Å². The summed E-state index contributed by atoms with van der Waals surface area (Å²) in [5.41, 5.74) is 7.42. The largest absolute Gasteiger partial charge is 0.326 e. The lowest BCUT2D eigenvalue weighted by atomic mass is 9.85. The van der Waals surface area contributed by atoms with Crippen LogP contribution in [0.2, 0.25) is 0 Å². The lowest BCUT2D eigenvalue weighted by Crippen LogP contribution is -2.27. The smallest absolute Gasteiger partial charge is 0.229 e. The number of amides is 1. The van der Waals surface area contributed by atoms with Gasteiger partial charge in [-0.3, -0.25) is 9.79 Å². The molecule has 37 heavy (non-hydrogen) atoms. The molecule has 0 spiro atoms. The quantitative estimate of drug-likeness (QED) is 0.430. The van der Waals surface area contributed by atoms with E-state index in [-0.39, 0.29) is 22.2 Å². The highest BCUT2D eigenvalue weighted by Crippen LogP contribution is 2.36. The zero-order valence-electron chi connectivity index (χ0n) is 26.7. The molecule has 0 fully saturated rings. The lowest BCUT2D eigenvalue weighted by Gasteiger charge is -2.19. The van der Waals surface area contributed by atoms with Crippen molar-refractivity contribution >= 4 is 23.0 Å². The first-order chi connectivity index (χ1) is 17.0. The van der Waals surface area contributed by atoms with Gasteiger partial charge in [0.1, 0.15) is 0 Å². The molecule has 208 valence electrons. The van der Waals surface area contributed by atoms with Crippen LogP contribution in [0.1, 0.15) is 126 Å². The molecule has 0 unspecified atom stereocenters. The Balaban J connectivity index is 0.000000619. The van der Waals surface area contributed by atoms with Crippen molar-refractivity contribution < 1.29 is 4.79 Å². The molecule has 1 amide bonds. The fourth-order valence-electron chi connectivity index (χ4n) is 3.35. The standard InChI is InChI=1S/C16H23N.C14H21NO.2C2H6/c1-15(2,3)12-8-7-11-9-14(16(4,5)6)17-13(11)10-12;1-10(2)11-6-8-12(9-7-11)15-13(16)14(3,4)5;2*1-2/h7-8,10H,9H2,1-6H3;6-10H,1-5H3,(H,15,16);2*1-2H3. The van der Waals surface area contributed by atoms with E-state index in [1.165, 1.54) is 28.1 Å². The van der Waals surface area contributed by atoms with Gasteiger partial charge in [-0.2, -0.15) is 0 Å². The molecule has 1 heterocycles. The number of carbonyl (C=O) groups is 1. The number of nitrogens with one attached hydrogen (secondary N) is 1. The van der Waals surface area contributed by atoms with E-state index in [9.17, 15) is 4.79 Å². The van der Waals surface area contributed by atoms with Crippen molar-refractivity contribution in [2.45, 2.75) is 122 Å². The van der Waals surface area contributed by atoms with Crippen LogP contribution < -0.4 is 5.32 Å². The number of benzene rings is 2. The predicted octanol–water partition coefficient (Wildman–Crippen LogP) is 10.5.